The lowest BCUT2D eigenvalue weighted by Crippen LogP contribution is -2.15. The number of rotatable bonds is 3. The van der Waals surface area contributed by atoms with Crippen molar-refractivity contribution in [2.75, 3.05) is 0 Å². The van der Waals surface area contributed by atoms with Gasteiger partial charge in [0.15, 0.2) is 0 Å². The van der Waals surface area contributed by atoms with Gasteiger partial charge in [0.05, 0.1) is 11.0 Å². The van der Waals surface area contributed by atoms with Gasteiger partial charge in [0.25, 0.3) is 0 Å². The van der Waals surface area contributed by atoms with E-state index in [1.807, 2.05) is 11.3 Å². The zero-order valence-electron chi connectivity index (χ0n) is 28.4. The van der Waals surface area contributed by atoms with E-state index in [9.17, 15) is 0 Å². The number of hydrogen-bond donors (Lipinski definition) is 0. The first-order valence-electron chi connectivity index (χ1n) is 17.8. The first-order chi connectivity index (χ1) is 25.0. The van der Waals surface area contributed by atoms with Gasteiger partial charge in [-0.2, -0.15) is 0 Å². The average molecular weight is 668 g/mol. The lowest BCUT2D eigenvalue weighted by molar-refractivity contribution is 0.660. The highest BCUT2D eigenvalue weighted by Crippen LogP contribution is 2.54. The van der Waals surface area contributed by atoms with Gasteiger partial charge < -0.3 is 4.57 Å². The predicted molar refractivity (Wildman–Crippen MR) is 220 cm³/mol. The lowest BCUT2D eigenvalue weighted by atomic mass is 9.82. The molecule has 0 aliphatic heterocycles. The van der Waals surface area contributed by atoms with Gasteiger partial charge in [-0.05, 0) is 98.2 Å². The molecule has 0 spiro atoms. The van der Waals surface area contributed by atoms with Crippen LogP contribution in [0.4, 0.5) is 0 Å². The molecule has 51 heavy (non-hydrogen) atoms. The molecule has 2 heterocycles. The molecule has 2 aromatic heterocycles. The number of fused-ring (bicyclic) bond motifs is 11. The molecule has 0 bridgehead atoms. The SMILES string of the molecule is CC1(C)c2cc(-n3c4ccc(-c5ccccc5)cc4c4cc(-c5ccc6ccccc6c5)ccc43)ccc2-c2c1ccc1c2sc2ccccc21. The van der Waals surface area contributed by atoms with Crippen LogP contribution in [-0.2, 0) is 5.41 Å². The Kier molecular flexibility index (Phi) is 5.95. The van der Waals surface area contributed by atoms with E-state index in [-0.39, 0.29) is 5.41 Å². The Bertz CT molecular complexity index is 3050. The molecule has 0 saturated carbocycles. The summed E-state index contributed by atoms with van der Waals surface area (Å²) in [5.74, 6) is 0. The van der Waals surface area contributed by atoms with E-state index >= 15 is 0 Å². The molecule has 1 aliphatic carbocycles. The molecule has 0 unspecified atom stereocenters. The van der Waals surface area contributed by atoms with Gasteiger partial charge in [-0.25, -0.2) is 0 Å². The molecular weight excluding hydrogens is 635 g/mol. The molecule has 0 amide bonds. The maximum Gasteiger partial charge on any atom is 0.0541 e. The third kappa shape index (κ3) is 4.14. The average Bonchev–Trinajstić information content (AvgIpc) is 3.79. The number of thiophene rings is 1. The molecule has 10 aromatic rings. The Morgan fingerprint density at radius 2 is 1.12 bits per heavy atom. The van der Waals surface area contributed by atoms with Gasteiger partial charge in [0.1, 0.15) is 0 Å². The van der Waals surface area contributed by atoms with Crippen LogP contribution in [0.25, 0.3) is 91.8 Å². The van der Waals surface area contributed by atoms with Crippen LogP contribution in [0.3, 0.4) is 0 Å². The first kappa shape index (κ1) is 28.8. The van der Waals surface area contributed by atoms with E-state index in [1.54, 1.807) is 0 Å². The fraction of sp³-hybridized carbons (Fsp3) is 0.0612. The number of nitrogens with zero attached hydrogens (tertiary/aromatic N) is 1. The summed E-state index contributed by atoms with van der Waals surface area (Å²) in [4.78, 5) is 0. The van der Waals surface area contributed by atoms with E-state index in [1.165, 1.54) is 103 Å². The Balaban J connectivity index is 1.14. The van der Waals surface area contributed by atoms with Crippen LogP contribution in [0.1, 0.15) is 25.0 Å². The van der Waals surface area contributed by atoms with Crippen molar-refractivity contribution < 1.29 is 0 Å². The molecule has 0 radical (unpaired) electrons. The van der Waals surface area contributed by atoms with Crippen LogP contribution < -0.4 is 0 Å². The topological polar surface area (TPSA) is 4.93 Å². The van der Waals surface area contributed by atoms with E-state index < -0.39 is 0 Å². The fourth-order valence-electron chi connectivity index (χ4n) is 8.79. The third-order valence-electron chi connectivity index (χ3n) is 11.4. The summed E-state index contributed by atoms with van der Waals surface area (Å²) < 4.78 is 5.24. The molecular formula is C49H33NS. The fourth-order valence-corrected chi connectivity index (χ4v) is 10.1. The zero-order valence-corrected chi connectivity index (χ0v) is 29.3. The largest absolute Gasteiger partial charge is 0.309 e. The predicted octanol–water partition coefficient (Wildman–Crippen LogP) is 13.9. The Morgan fingerprint density at radius 1 is 0.451 bits per heavy atom. The second kappa shape index (κ2) is 10.5. The van der Waals surface area contributed by atoms with Gasteiger partial charge in [-0.15, -0.1) is 11.3 Å². The Morgan fingerprint density at radius 3 is 1.92 bits per heavy atom. The minimum absolute atomic E-state index is 0.118. The first-order valence-corrected chi connectivity index (χ1v) is 18.6. The van der Waals surface area contributed by atoms with Crippen LogP contribution in [0.15, 0.2) is 164 Å². The minimum atomic E-state index is -0.118. The summed E-state index contributed by atoms with van der Waals surface area (Å²) >= 11 is 1.93. The monoisotopic (exact) mass is 667 g/mol. The standard InChI is InChI=1S/C49H33NS/c1-49(2)42-23-22-38-37-14-8-9-15-46(37)51-48(38)47(42)39-21-20-36(29-43(39)49)50-44-24-18-34(30-10-4-3-5-11-30)27-40(44)41-28-35(19-25-45(41)50)33-17-16-31-12-6-7-13-32(31)26-33/h3-29H,1-2H3. The molecule has 240 valence electrons. The highest BCUT2D eigenvalue weighted by molar-refractivity contribution is 7.26. The van der Waals surface area contributed by atoms with Gasteiger partial charge in [0.2, 0.25) is 0 Å². The van der Waals surface area contributed by atoms with Crippen molar-refractivity contribution in [3.63, 3.8) is 0 Å². The second-order valence-corrected chi connectivity index (χ2v) is 15.6. The molecule has 0 fully saturated rings. The van der Waals surface area contributed by atoms with Gasteiger partial charge in [0, 0.05) is 47.6 Å². The van der Waals surface area contributed by atoms with Gasteiger partial charge in [-0.1, -0.05) is 129 Å². The van der Waals surface area contributed by atoms with Crippen LogP contribution in [-0.4, -0.2) is 4.57 Å². The van der Waals surface area contributed by atoms with Crippen LogP contribution in [0, 0.1) is 0 Å². The van der Waals surface area contributed by atoms with E-state index in [4.69, 9.17) is 0 Å². The summed E-state index contributed by atoms with van der Waals surface area (Å²) in [5, 5.41) is 7.78. The summed E-state index contributed by atoms with van der Waals surface area (Å²) in [6, 6.07) is 61.0. The molecule has 2 heteroatoms. The summed E-state index contributed by atoms with van der Waals surface area (Å²) in [6.07, 6.45) is 0. The number of aromatic nitrogens is 1. The van der Waals surface area contributed by atoms with Crippen molar-refractivity contribution in [2.45, 2.75) is 19.3 Å². The second-order valence-electron chi connectivity index (χ2n) is 14.5. The molecule has 0 N–H and O–H groups in total. The molecule has 11 rings (SSSR count). The quantitative estimate of drug-likeness (QED) is 0.177. The van der Waals surface area contributed by atoms with Crippen molar-refractivity contribution in [2.24, 2.45) is 0 Å². The lowest BCUT2D eigenvalue weighted by Gasteiger charge is -2.22. The molecule has 0 atom stereocenters. The summed E-state index contributed by atoms with van der Waals surface area (Å²) in [5.41, 5.74) is 14.0. The van der Waals surface area contributed by atoms with Crippen molar-refractivity contribution in [1.29, 1.82) is 0 Å². The van der Waals surface area contributed by atoms with Crippen molar-refractivity contribution in [3.05, 3.63) is 175 Å². The molecule has 1 nitrogen and oxygen atoms in total. The number of benzene rings is 8. The maximum absolute atomic E-state index is 2.48. The van der Waals surface area contributed by atoms with Crippen molar-refractivity contribution in [3.8, 4) is 39.1 Å². The van der Waals surface area contributed by atoms with Gasteiger partial charge >= 0.3 is 0 Å². The normalized spacial score (nSPS) is 13.5. The van der Waals surface area contributed by atoms with Gasteiger partial charge in [-0.3, -0.25) is 0 Å². The van der Waals surface area contributed by atoms with Crippen molar-refractivity contribution in [1.82, 2.24) is 4.57 Å². The molecule has 0 saturated heterocycles. The molecule has 1 aliphatic rings. The van der Waals surface area contributed by atoms with Crippen molar-refractivity contribution >= 4 is 64.1 Å². The Hall–Kier alpha value is -5.96. The molecule has 8 aromatic carbocycles. The highest BCUT2D eigenvalue weighted by Gasteiger charge is 2.37. The Labute approximate surface area is 300 Å². The zero-order chi connectivity index (χ0) is 33.8. The van der Waals surface area contributed by atoms with Crippen LogP contribution >= 0.6 is 11.3 Å². The van der Waals surface area contributed by atoms with E-state index in [0.717, 1.165) is 0 Å². The summed E-state index contributed by atoms with van der Waals surface area (Å²) in [6.45, 7) is 4.79. The number of hydrogen-bond acceptors (Lipinski definition) is 1. The summed E-state index contributed by atoms with van der Waals surface area (Å²) in [7, 11) is 0. The van der Waals surface area contributed by atoms with E-state index in [0.29, 0.717) is 0 Å². The third-order valence-corrected chi connectivity index (χ3v) is 12.6. The maximum atomic E-state index is 2.48. The van der Waals surface area contributed by atoms with Crippen LogP contribution in [0.5, 0.6) is 0 Å². The van der Waals surface area contributed by atoms with Crippen LogP contribution in [0.2, 0.25) is 0 Å². The van der Waals surface area contributed by atoms with E-state index in [2.05, 4.69) is 182 Å². The smallest absolute Gasteiger partial charge is 0.0541 e. The highest BCUT2D eigenvalue weighted by atomic mass is 32.1. The minimum Gasteiger partial charge on any atom is -0.309 e.